The van der Waals surface area contributed by atoms with Gasteiger partial charge in [0.1, 0.15) is 17.5 Å². The van der Waals surface area contributed by atoms with E-state index in [2.05, 4.69) is 0 Å². The number of morpholine rings is 1. The molecule has 7 nitrogen and oxygen atoms in total. The minimum atomic E-state index is -0.400. The van der Waals surface area contributed by atoms with E-state index >= 15 is 0 Å². The van der Waals surface area contributed by atoms with Gasteiger partial charge in [-0.15, -0.1) is 0 Å². The van der Waals surface area contributed by atoms with Gasteiger partial charge in [-0.1, -0.05) is 0 Å². The van der Waals surface area contributed by atoms with Crippen molar-refractivity contribution in [1.82, 2.24) is 9.80 Å². The fourth-order valence-corrected chi connectivity index (χ4v) is 3.36. The Balaban J connectivity index is 1.79. The molecule has 0 N–H and O–H groups in total. The van der Waals surface area contributed by atoms with E-state index in [4.69, 9.17) is 14.2 Å². The van der Waals surface area contributed by atoms with Crippen molar-refractivity contribution < 1.29 is 23.8 Å². The second-order valence-electron chi connectivity index (χ2n) is 6.20. The standard InChI is InChI=1S/C18H24N2O5/c1-23-14-10-13(11-15(12-14)24-2)17(21)20-5-3-4-16(20)18(22)19-6-8-25-9-7-19/h10-12,16H,3-9H2,1-2H3/t16-/m0/s1. The minimum absolute atomic E-state index is 0.0176. The van der Waals surface area contributed by atoms with Gasteiger partial charge in [0.15, 0.2) is 0 Å². The van der Waals surface area contributed by atoms with Crippen LogP contribution in [0.1, 0.15) is 23.2 Å². The van der Waals surface area contributed by atoms with E-state index in [9.17, 15) is 9.59 Å². The van der Waals surface area contributed by atoms with Crippen LogP contribution < -0.4 is 9.47 Å². The van der Waals surface area contributed by atoms with Crippen LogP contribution in [0.4, 0.5) is 0 Å². The molecule has 0 aromatic heterocycles. The van der Waals surface area contributed by atoms with E-state index in [0.717, 1.165) is 6.42 Å². The zero-order chi connectivity index (χ0) is 17.8. The number of nitrogens with zero attached hydrogens (tertiary/aromatic N) is 2. The normalized spacial score (nSPS) is 20.5. The van der Waals surface area contributed by atoms with Crippen molar-refractivity contribution in [2.75, 3.05) is 47.1 Å². The number of hydrogen-bond donors (Lipinski definition) is 0. The summed E-state index contributed by atoms with van der Waals surface area (Å²) in [6, 6.07) is 4.68. The molecule has 2 aliphatic rings. The molecule has 2 fully saturated rings. The first-order valence-electron chi connectivity index (χ1n) is 8.54. The van der Waals surface area contributed by atoms with Gasteiger partial charge in [-0.25, -0.2) is 0 Å². The van der Waals surface area contributed by atoms with Crippen LogP contribution in [0, 0.1) is 0 Å². The van der Waals surface area contributed by atoms with Crippen molar-refractivity contribution >= 4 is 11.8 Å². The third-order valence-corrected chi connectivity index (χ3v) is 4.72. The first-order chi connectivity index (χ1) is 12.1. The van der Waals surface area contributed by atoms with Crippen molar-refractivity contribution in [3.8, 4) is 11.5 Å². The lowest BCUT2D eigenvalue weighted by Crippen LogP contribution is -2.51. The van der Waals surface area contributed by atoms with Crippen LogP contribution in [-0.4, -0.2) is 74.7 Å². The molecule has 1 aromatic carbocycles. The van der Waals surface area contributed by atoms with Gasteiger partial charge in [0.25, 0.3) is 5.91 Å². The minimum Gasteiger partial charge on any atom is -0.497 e. The van der Waals surface area contributed by atoms with Crippen LogP contribution in [-0.2, 0) is 9.53 Å². The fraction of sp³-hybridized carbons (Fsp3) is 0.556. The van der Waals surface area contributed by atoms with Crippen LogP contribution in [0.25, 0.3) is 0 Å². The number of carbonyl (C=O) groups excluding carboxylic acids is 2. The molecular formula is C18H24N2O5. The highest BCUT2D eigenvalue weighted by molar-refractivity contribution is 5.98. The Morgan fingerprint density at radius 3 is 2.28 bits per heavy atom. The molecule has 2 heterocycles. The summed E-state index contributed by atoms with van der Waals surface area (Å²) >= 11 is 0. The zero-order valence-corrected chi connectivity index (χ0v) is 14.7. The predicted octanol–water partition coefficient (Wildman–Crippen LogP) is 1.17. The number of hydrogen-bond acceptors (Lipinski definition) is 5. The van der Waals surface area contributed by atoms with Crippen molar-refractivity contribution in [3.05, 3.63) is 23.8 Å². The van der Waals surface area contributed by atoms with Gasteiger partial charge >= 0.3 is 0 Å². The molecule has 0 bridgehead atoms. The molecule has 25 heavy (non-hydrogen) atoms. The van der Waals surface area contributed by atoms with Crippen molar-refractivity contribution in [3.63, 3.8) is 0 Å². The smallest absolute Gasteiger partial charge is 0.254 e. The summed E-state index contributed by atoms with van der Waals surface area (Å²) in [5.74, 6) is 0.959. The lowest BCUT2D eigenvalue weighted by atomic mass is 10.1. The molecular weight excluding hydrogens is 324 g/mol. The average molecular weight is 348 g/mol. The summed E-state index contributed by atoms with van der Waals surface area (Å²) in [6.07, 6.45) is 1.52. The molecule has 0 radical (unpaired) electrons. The molecule has 0 spiro atoms. The van der Waals surface area contributed by atoms with Gasteiger partial charge in [-0.2, -0.15) is 0 Å². The first kappa shape index (κ1) is 17.5. The van der Waals surface area contributed by atoms with Crippen LogP contribution in [0.5, 0.6) is 11.5 Å². The van der Waals surface area contributed by atoms with Crippen LogP contribution in [0.3, 0.4) is 0 Å². The summed E-state index contributed by atoms with van der Waals surface area (Å²) in [7, 11) is 3.09. The summed E-state index contributed by atoms with van der Waals surface area (Å²) in [4.78, 5) is 29.3. The second kappa shape index (κ2) is 7.74. The molecule has 1 atom stereocenters. The van der Waals surface area contributed by atoms with E-state index in [1.54, 1.807) is 42.2 Å². The number of rotatable bonds is 4. The average Bonchev–Trinajstić information content (AvgIpc) is 3.16. The summed E-state index contributed by atoms with van der Waals surface area (Å²) in [6.45, 7) is 2.87. The van der Waals surface area contributed by atoms with Crippen molar-refractivity contribution in [2.24, 2.45) is 0 Å². The van der Waals surface area contributed by atoms with E-state index in [1.165, 1.54) is 0 Å². The maximum atomic E-state index is 13.0. The van der Waals surface area contributed by atoms with Gasteiger partial charge in [0.2, 0.25) is 5.91 Å². The number of carbonyl (C=O) groups is 2. The zero-order valence-electron chi connectivity index (χ0n) is 14.7. The highest BCUT2D eigenvalue weighted by atomic mass is 16.5. The Bertz CT molecular complexity index is 620. The molecule has 1 aromatic rings. The molecule has 0 unspecified atom stereocenters. The Hall–Kier alpha value is -2.28. The van der Waals surface area contributed by atoms with E-state index in [-0.39, 0.29) is 11.8 Å². The Morgan fingerprint density at radius 2 is 1.68 bits per heavy atom. The van der Waals surface area contributed by atoms with Crippen LogP contribution in [0.2, 0.25) is 0 Å². The van der Waals surface area contributed by atoms with Gasteiger partial charge in [-0.3, -0.25) is 9.59 Å². The third kappa shape index (κ3) is 3.71. The Labute approximate surface area is 147 Å². The Kier molecular flexibility index (Phi) is 5.43. The predicted molar refractivity (Wildman–Crippen MR) is 91.0 cm³/mol. The summed E-state index contributed by atoms with van der Waals surface area (Å²) in [5.41, 5.74) is 0.470. The number of methoxy groups -OCH3 is 2. The molecule has 2 saturated heterocycles. The highest BCUT2D eigenvalue weighted by Crippen LogP contribution is 2.27. The van der Waals surface area contributed by atoms with Crippen molar-refractivity contribution in [1.29, 1.82) is 0 Å². The van der Waals surface area contributed by atoms with Gasteiger partial charge in [0, 0.05) is 31.3 Å². The topological polar surface area (TPSA) is 68.3 Å². The molecule has 3 rings (SSSR count). The lowest BCUT2D eigenvalue weighted by Gasteiger charge is -2.32. The molecule has 2 amide bonds. The van der Waals surface area contributed by atoms with Gasteiger partial charge in [-0.05, 0) is 25.0 Å². The van der Waals surface area contributed by atoms with E-state index in [1.807, 2.05) is 0 Å². The maximum absolute atomic E-state index is 13.0. The molecule has 0 aliphatic carbocycles. The quantitative estimate of drug-likeness (QED) is 0.817. The largest absolute Gasteiger partial charge is 0.497 e. The van der Waals surface area contributed by atoms with Gasteiger partial charge < -0.3 is 24.0 Å². The van der Waals surface area contributed by atoms with E-state index < -0.39 is 6.04 Å². The molecule has 0 saturated carbocycles. The maximum Gasteiger partial charge on any atom is 0.254 e. The Morgan fingerprint density at radius 1 is 1.04 bits per heavy atom. The monoisotopic (exact) mass is 348 g/mol. The summed E-state index contributed by atoms with van der Waals surface area (Å²) < 4.78 is 15.8. The van der Waals surface area contributed by atoms with Crippen molar-refractivity contribution in [2.45, 2.75) is 18.9 Å². The lowest BCUT2D eigenvalue weighted by molar-refractivity contribution is -0.139. The number of amides is 2. The molecule has 2 aliphatic heterocycles. The molecule has 7 heteroatoms. The molecule has 136 valence electrons. The fourth-order valence-electron chi connectivity index (χ4n) is 3.36. The highest BCUT2D eigenvalue weighted by Gasteiger charge is 2.37. The first-order valence-corrected chi connectivity index (χ1v) is 8.54. The SMILES string of the molecule is COc1cc(OC)cc(C(=O)N2CCC[C@H]2C(=O)N2CCOCC2)c1. The third-order valence-electron chi connectivity index (χ3n) is 4.72. The van der Waals surface area contributed by atoms with E-state index in [0.29, 0.717) is 56.3 Å². The number of benzene rings is 1. The second-order valence-corrected chi connectivity index (χ2v) is 6.20. The number of likely N-dealkylation sites (tertiary alicyclic amines) is 1. The summed E-state index contributed by atoms with van der Waals surface area (Å²) in [5, 5.41) is 0. The number of ether oxygens (including phenoxy) is 3. The van der Waals surface area contributed by atoms with Crippen LogP contribution in [0.15, 0.2) is 18.2 Å². The van der Waals surface area contributed by atoms with Gasteiger partial charge in [0.05, 0.1) is 27.4 Å². The van der Waals surface area contributed by atoms with Crippen LogP contribution >= 0.6 is 0 Å².